The molecule has 1 heterocycles. The number of anilines is 1. The van der Waals surface area contributed by atoms with E-state index < -0.39 is 0 Å². The summed E-state index contributed by atoms with van der Waals surface area (Å²) in [5.74, 6) is 1.10. The van der Waals surface area contributed by atoms with Gasteiger partial charge in [0.15, 0.2) is 6.61 Å². The maximum atomic E-state index is 12.1. The lowest BCUT2D eigenvalue weighted by atomic mass is 10.1. The van der Waals surface area contributed by atoms with Crippen LogP contribution in [0.15, 0.2) is 46.0 Å². The van der Waals surface area contributed by atoms with Crippen molar-refractivity contribution in [1.82, 2.24) is 10.2 Å². The van der Waals surface area contributed by atoms with Gasteiger partial charge in [0.1, 0.15) is 5.75 Å². The summed E-state index contributed by atoms with van der Waals surface area (Å²) in [6, 6.07) is 11.2. The highest BCUT2D eigenvalue weighted by molar-refractivity contribution is 7.99. The van der Waals surface area contributed by atoms with Crippen molar-refractivity contribution < 1.29 is 13.9 Å². The molecule has 6 nitrogen and oxygen atoms in total. The molecule has 3 rings (SSSR count). The first-order valence-corrected chi connectivity index (χ1v) is 9.99. The van der Waals surface area contributed by atoms with Gasteiger partial charge in [0.25, 0.3) is 11.1 Å². The minimum Gasteiger partial charge on any atom is -0.484 e. The average molecular weight is 418 g/mol. The molecule has 8 heteroatoms. The van der Waals surface area contributed by atoms with Crippen LogP contribution in [0.4, 0.5) is 5.69 Å². The van der Waals surface area contributed by atoms with Gasteiger partial charge in [-0.2, -0.15) is 0 Å². The maximum Gasteiger partial charge on any atom is 0.277 e. The molecule has 0 spiro atoms. The predicted octanol–water partition coefficient (Wildman–Crippen LogP) is 4.96. The Kier molecular flexibility index (Phi) is 6.59. The fraction of sp³-hybridized carbons (Fsp3) is 0.250. The Hall–Kier alpha value is -2.51. The second kappa shape index (κ2) is 9.12. The fourth-order valence-electron chi connectivity index (χ4n) is 2.42. The van der Waals surface area contributed by atoms with Gasteiger partial charge in [0, 0.05) is 10.7 Å². The number of carbonyl (C=O) groups is 1. The fourth-order valence-corrected chi connectivity index (χ4v) is 3.17. The second-order valence-electron chi connectivity index (χ2n) is 6.24. The molecule has 0 aliphatic carbocycles. The van der Waals surface area contributed by atoms with E-state index in [4.69, 9.17) is 20.8 Å². The number of rotatable bonds is 7. The third-order valence-corrected chi connectivity index (χ3v) is 5.21. The Morgan fingerprint density at radius 1 is 1.18 bits per heavy atom. The van der Waals surface area contributed by atoms with Crippen LogP contribution < -0.4 is 10.1 Å². The number of amides is 1. The van der Waals surface area contributed by atoms with E-state index in [0.29, 0.717) is 21.8 Å². The van der Waals surface area contributed by atoms with E-state index in [1.165, 1.54) is 11.8 Å². The molecular formula is C20H20ClN3O3S. The van der Waals surface area contributed by atoms with Gasteiger partial charge in [-0.3, -0.25) is 4.79 Å². The van der Waals surface area contributed by atoms with E-state index in [1.54, 1.807) is 12.1 Å². The molecule has 0 aliphatic heterocycles. The van der Waals surface area contributed by atoms with E-state index >= 15 is 0 Å². The van der Waals surface area contributed by atoms with E-state index in [9.17, 15) is 4.79 Å². The number of thioether (sulfide) groups is 1. The van der Waals surface area contributed by atoms with Crippen molar-refractivity contribution in [2.24, 2.45) is 0 Å². The molecule has 1 aromatic heterocycles. The summed E-state index contributed by atoms with van der Waals surface area (Å²) in [5.41, 5.74) is 3.85. The van der Waals surface area contributed by atoms with Crippen LogP contribution in [0.3, 0.4) is 0 Å². The van der Waals surface area contributed by atoms with Crippen LogP contribution in [-0.4, -0.2) is 21.9 Å². The summed E-state index contributed by atoms with van der Waals surface area (Å²) < 4.78 is 11.3. The third-order valence-electron chi connectivity index (χ3n) is 4.15. The van der Waals surface area contributed by atoms with Crippen LogP contribution in [-0.2, 0) is 11.4 Å². The molecule has 0 unspecified atom stereocenters. The Morgan fingerprint density at radius 2 is 2.00 bits per heavy atom. The number of carbonyl (C=O) groups excluding carboxylic acids is 1. The molecule has 0 atom stereocenters. The zero-order valence-electron chi connectivity index (χ0n) is 15.8. The largest absolute Gasteiger partial charge is 0.484 e. The lowest BCUT2D eigenvalue weighted by Gasteiger charge is -2.08. The molecule has 2 aromatic carbocycles. The number of hydrogen-bond acceptors (Lipinski definition) is 6. The van der Waals surface area contributed by atoms with Crippen molar-refractivity contribution in [3.05, 3.63) is 64.0 Å². The number of nitrogens with zero attached hydrogens (tertiary/aromatic N) is 2. The zero-order chi connectivity index (χ0) is 20.1. The van der Waals surface area contributed by atoms with Crippen LogP contribution >= 0.6 is 23.4 Å². The lowest BCUT2D eigenvalue weighted by Crippen LogP contribution is -2.14. The molecule has 28 heavy (non-hydrogen) atoms. The van der Waals surface area contributed by atoms with Gasteiger partial charge in [0.2, 0.25) is 5.91 Å². The van der Waals surface area contributed by atoms with E-state index in [-0.39, 0.29) is 18.3 Å². The second-order valence-corrected chi connectivity index (χ2v) is 7.61. The van der Waals surface area contributed by atoms with Crippen molar-refractivity contribution >= 4 is 35.0 Å². The molecule has 0 saturated carbocycles. The number of aryl methyl sites for hydroxylation is 2. The van der Waals surface area contributed by atoms with Gasteiger partial charge in [-0.25, -0.2) is 0 Å². The zero-order valence-corrected chi connectivity index (χ0v) is 17.4. The van der Waals surface area contributed by atoms with Crippen LogP contribution in [0.25, 0.3) is 0 Å². The molecule has 146 valence electrons. The Labute approximate surface area is 172 Å². The molecule has 0 bridgehead atoms. The quantitative estimate of drug-likeness (QED) is 0.547. The first-order valence-electron chi connectivity index (χ1n) is 8.62. The number of aromatic nitrogens is 2. The highest BCUT2D eigenvalue weighted by atomic mass is 35.5. The minimum atomic E-state index is -0.179. The van der Waals surface area contributed by atoms with Crippen LogP contribution in [0.1, 0.15) is 22.6 Å². The van der Waals surface area contributed by atoms with Crippen molar-refractivity contribution in [3.63, 3.8) is 0 Å². The Bertz CT molecular complexity index is 991. The Morgan fingerprint density at radius 3 is 2.82 bits per heavy atom. The molecule has 0 saturated heterocycles. The molecule has 0 fully saturated rings. The first-order chi connectivity index (χ1) is 13.4. The average Bonchev–Trinajstić information content (AvgIpc) is 3.12. The standard InChI is InChI=1S/C20H20ClN3O3S/c1-12-5-4-6-17(14(12)3)26-10-19-23-24-20(27-19)28-11-18(25)22-16-9-15(21)8-7-13(16)2/h4-9H,10-11H2,1-3H3,(H,22,25). The smallest absolute Gasteiger partial charge is 0.277 e. The number of ether oxygens (including phenoxy) is 1. The summed E-state index contributed by atoms with van der Waals surface area (Å²) >= 11 is 7.13. The number of nitrogens with one attached hydrogen (secondary N) is 1. The van der Waals surface area contributed by atoms with Crippen molar-refractivity contribution in [1.29, 1.82) is 0 Å². The van der Waals surface area contributed by atoms with E-state index in [1.807, 2.05) is 45.0 Å². The highest BCUT2D eigenvalue weighted by Gasteiger charge is 2.12. The monoisotopic (exact) mass is 417 g/mol. The Balaban J connectivity index is 1.51. The van der Waals surface area contributed by atoms with Gasteiger partial charge >= 0.3 is 0 Å². The molecule has 0 radical (unpaired) electrons. The minimum absolute atomic E-state index is 0.144. The summed E-state index contributed by atoms with van der Waals surface area (Å²) in [6.45, 7) is 6.10. The van der Waals surface area contributed by atoms with Gasteiger partial charge < -0.3 is 14.5 Å². The summed E-state index contributed by atoms with van der Waals surface area (Å²) in [5, 5.41) is 11.6. The summed E-state index contributed by atoms with van der Waals surface area (Å²) in [6.07, 6.45) is 0. The van der Waals surface area contributed by atoms with Crippen molar-refractivity contribution in [2.45, 2.75) is 32.6 Å². The van der Waals surface area contributed by atoms with Crippen LogP contribution in [0.5, 0.6) is 5.75 Å². The normalized spacial score (nSPS) is 10.7. The van der Waals surface area contributed by atoms with Gasteiger partial charge in [-0.15, -0.1) is 10.2 Å². The number of hydrogen-bond donors (Lipinski definition) is 1. The van der Waals surface area contributed by atoms with E-state index in [2.05, 4.69) is 15.5 Å². The van der Waals surface area contributed by atoms with E-state index in [0.717, 1.165) is 22.4 Å². The third kappa shape index (κ3) is 5.27. The first kappa shape index (κ1) is 20.2. The molecular weight excluding hydrogens is 398 g/mol. The maximum absolute atomic E-state index is 12.1. The molecule has 1 amide bonds. The number of halogens is 1. The predicted molar refractivity (Wildman–Crippen MR) is 110 cm³/mol. The van der Waals surface area contributed by atoms with Crippen molar-refractivity contribution in [2.75, 3.05) is 11.1 Å². The highest BCUT2D eigenvalue weighted by Crippen LogP contribution is 2.23. The number of benzene rings is 2. The SMILES string of the molecule is Cc1ccc(Cl)cc1NC(=O)CSc1nnc(COc2cccc(C)c2C)o1. The molecule has 1 N–H and O–H groups in total. The lowest BCUT2D eigenvalue weighted by molar-refractivity contribution is -0.113. The van der Waals surface area contributed by atoms with Crippen molar-refractivity contribution in [3.8, 4) is 5.75 Å². The summed E-state index contributed by atoms with van der Waals surface area (Å²) in [7, 11) is 0. The van der Waals surface area contributed by atoms with Crippen LogP contribution in [0.2, 0.25) is 5.02 Å². The molecule has 3 aromatic rings. The molecule has 0 aliphatic rings. The summed E-state index contributed by atoms with van der Waals surface area (Å²) in [4.78, 5) is 12.1. The van der Waals surface area contributed by atoms with Crippen LogP contribution in [0, 0.1) is 20.8 Å². The van der Waals surface area contributed by atoms with Gasteiger partial charge in [-0.05, 0) is 55.7 Å². The topological polar surface area (TPSA) is 77.2 Å². The van der Waals surface area contributed by atoms with Gasteiger partial charge in [0.05, 0.1) is 5.75 Å². The van der Waals surface area contributed by atoms with Gasteiger partial charge in [-0.1, -0.05) is 41.6 Å².